The minimum atomic E-state index is 0.0374. The molecule has 5 nitrogen and oxygen atoms in total. The second kappa shape index (κ2) is 8.52. The van der Waals surface area contributed by atoms with Crippen LogP contribution in [0.15, 0.2) is 60.7 Å². The minimum absolute atomic E-state index is 0.0374. The average Bonchev–Trinajstić information content (AvgIpc) is 3.12. The first-order valence-electron chi connectivity index (χ1n) is 10.4. The van der Waals surface area contributed by atoms with Crippen molar-refractivity contribution in [2.75, 3.05) is 13.1 Å². The number of rotatable bonds is 6. The molecule has 1 aliphatic heterocycles. The number of nitrogens with two attached hydrogens (primary N) is 1. The molecule has 2 aromatic carbocycles. The summed E-state index contributed by atoms with van der Waals surface area (Å²) in [5, 5.41) is 8.91. The number of amidine groups is 1. The van der Waals surface area contributed by atoms with Crippen LogP contribution in [0.25, 0.3) is 10.9 Å². The Hall–Kier alpha value is -3.08. The van der Waals surface area contributed by atoms with Crippen molar-refractivity contribution in [1.29, 1.82) is 5.41 Å². The number of nitrogen functional groups attached to an aromatic ring is 1. The molecule has 1 amide bonds. The Labute approximate surface area is 171 Å². The summed E-state index contributed by atoms with van der Waals surface area (Å²) in [5.41, 5.74) is 8.86. The number of hydrogen-bond donors (Lipinski definition) is 2. The standard InChI is InChI=1S/C24H28N4O/c25-24(26)22-17-20-8-4-5-9-21(20)28(22)15-12-23(29)27-13-10-19(11-14-27)16-18-6-2-1-3-7-18/h1-9,17,19H,10-16H2,(H3,25,26). The fourth-order valence-corrected chi connectivity index (χ4v) is 4.37. The molecular weight excluding hydrogens is 360 g/mol. The summed E-state index contributed by atoms with van der Waals surface area (Å²) in [6.07, 6.45) is 3.65. The zero-order valence-corrected chi connectivity index (χ0v) is 16.7. The molecule has 0 aliphatic carbocycles. The van der Waals surface area contributed by atoms with Gasteiger partial charge < -0.3 is 15.2 Å². The molecule has 0 saturated carbocycles. The molecule has 150 valence electrons. The zero-order chi connectivity index (χ0) is 20.2. The fourth-order valence-electron chi connectivity index (χ4n) is 4.37. The number of nitrogens with one attached hydrogen (secondary N) is 1. The van der Waals surface area contributed by atoms with E-state index in [9.17, 15) is 4.79 Å². The summed E-state index contributed by atoms with van der Waals surface area (Å²) in [6, 6.07) is 20.5. The van der Waals surface area contributed by atoms with Gasteiger partial charge in [0.25, 0.3) is 0 Å². The van der Waals surface area contributed by atoms with Gasteiger partial charge in [0.15, 0.2) is 0 Å². The molecule has 0 atom stereocenters. The molecule has 0 radical (unpaired) electrons. The van der Waals surface area contributed by atoms with Gasteiger partial charge >= 0.3 is 0 Å². The fraction of sp³-hybridized carbons (Fsp3) is 0.333. The van der Waals surface area contributed by atoms with Gasteiger partial charge in [-0.05, 0) is 42.9 Å². The van der Waals surface area contributed by atoms with Gasteiger partial charge in [-0.3, -0.25) is 10.2 Å². The summed E-state index contributed by atoms with van der Waals surface area (Å²) in [6.45, 7) is 2.22. The number of carbonyl (C=O) groups excluding carboxylic acids is 1. The summed E-state index contributed by atoms with van der Waals surface area (Å²) >= 11 is 0. The molecule has 0 spiro atoms. The number of piperidine rings is 1. The smallest absolute Gasteiger partial charge is 0.224 e. The highest BCUT2D eigenvalue weighted by Gasteiger charge is 2.23. The molecule has 0 unspecified atom stereocenters. The Bertz CT molecular complexity index is 1000. The minimum Gasteiger partial charge on any atom is -0.382 e. The lowest BCUT2D eigenvalue weighted by Crippen LogP contribution is -2.39. The normalized spacial score (nSPS) is 15.0. The predicted octanol–water partition coefficient (Wildman–Crippen LogP) is 3.80. The van der Waals surface area contributed by atoms with E-state index >= 15 is 0 Å². The quantitative estimate of drug-likeness (QED) is 0.498. The Morgan fingerprint density at radius 2 is 1.72 bits per heavy atom. The van der Waals surface area contributed by atoms with Crippen molar-refractivity contribution in [3.05, 3.63) is 71.9 Å². The SMILES string of the molecule is N=C(N)c1cc2ccccc2n1CCC(=O)N1CCC(Cc2ccccc2)CC1. The van der Waals surface area contributed by atoms with Gasteiger partial charge in [-0.1, -0.05) is 48.5 Å². The lowest BCUT2D eigenvalue weighted by molar-refractivity contribution is -0.132. The van der Waals surface area contributed by atoms with Crippen molar-refractivity contribution in [2.24, 2.45) is 11.7 Å². The second-order valence-corrected chi connectivity index (χ2v) is 7.92. The first kappa shape index (κ1) is 19.2. The van der Waals surface area contributed by atoms with Crippen molar-refractivity contribution in [3.8, 4) is 0 Å². The van der Waals surface area contributed by atoms with Gasteiger partial charge in [-0.25, -0.2) is 0 Å². The van der Waals surface area contributed by atoms with E-state index in [1.807, 2.05) is 39.8 Å². The first-order valence-corrected chi connectivity index (χ1v) is 10.4. The Kier molecular flexibility index (Phi) is 5.65. The summed E-state index contributed by atoms with van der Waals surface area (Å²) < 4.78 is 2.00. The Morgan fingerprint density at radius 3 is 2.45 bits per heavy atom. The Balaban J connectivity index is 1.35. The third-order valence-electron chi connectivity index (χ3n) is 5.97. The first-order chi connectivity index (χ1) is 14.1. The van der Waals surface area contributed by atoms with E-state index in [1.54, 1.807) is 0 Å². The number of nitrogens with zero attached hydrogens (tertiary/aromatic N) is 2. The maximum atomic E-state index is 12.8. The topological polar surface area (TPSA) is 75.1 Å². The van der Waals surface area contributed by atoms with Gasteiger partial charge in [0.05, 0.1) is 5.69 Å². The second-order valence-electron chi connectivity index (χ2n) is 7.92. The van der Waals surface area contributed by atoms with Gasteiger partial charge in [-0.15, -0.1) is 0 Å². The molecule has 1 aliphatic rings. The monoisotopic (exact) mass is 388 g/mol. The number of amides is 1. The third-order valence-corrected chi connectivity index (χ3v) is 5.97. The molecule has 2 heterocycles. The largest absolute Gasteiger partial charge is 0.382 e. The number of aryl methyl sites for hydroxylation is 1. The summed E-state index contributed by atoms with van der Waals surface area (Å²) in [4.78, 5) is 14.8. The number of carbonyl (C=O) groups is 1. The molecule has 4 rings (SSSR count). The average molecular weight is 389 g/mol. The van der Waals surface area contributed by atoms with Crippen LogP contribution < -0.4 is 5.73 Å². The highest BCUT2D eigenvalue weighted by atomic mass is 16.2. The van der Waals surface area contributed by atoms with Crippen molar-refractivity contribution in [3.63, 3.8) is 0 Å². The molecule has 0 bridgehead atoms. The van der Waals surface area contributed by atoms with Crippen LogP contribution in [0, 0.1) is 11.3 Å². The van der Waals surface area contributed by atoms with Gasteiger partial charge in [0.1, 0.15) is 5.84 Å². The van der Waals surface area contributed by atoms with Gasteiger partial charge in [0, 0.05) is 37.0 Å². The molecule has 1 aromatic heterocycles. The number of aromatic nitrogens is 1. The molecule has 3 aromatic rings. The van der Waals surface area contributed by atoms with Crippen LogP contribution >= 0.6 is 0 Å². The Morgan fingerprint density at radius 1 is 1.03 bits per heavy atom. The van der Waals surface area contributed by atoms with E-state index in [0.717, 1.165) is 43.3 Å². The lowest BCUT2D eigenvalue weighted by atomic mass is 9.90. The number of likely N-dealkylation sites (tertiary alicyclic amines) is 1. The van der Waals surface area contributed by atoms with Gasteiger partial charge in [0.2, 0.25) is 5.91 Å². The molecule has 29 heavy (non-hydrogen) atoms. The van der Waals surface area contributed by atoms with Crippen molar-refractivity contribution in [2.45, 2.75) is 32.2 Å². The molecule has 1 fully saturated rings. The van der Waals surface area contributed by atoms with Crippen LogP contribution in [0.2, 0.25) is 0 Å². The molecule has 5 heteroatoms. The van der Waals surface area contributed by atoms with Crippen LogP contribution in [0.3, 0.4) is 0 Å². The highest BCUT2D eigenvalue weighted by Crippen LogP contribution is 2.23. The van der Waals surface area contributed by atoms with Crippen LogP contribution in [-0.2, 0) is 17.8 Å². The molecule has 3 N–H and O–H groups in total. The van der Waals surface area contributed by atoms with Crippen molar-refractivity contribution >= 4 is 22.6 Å². The lowest BCUT2D eigenvalue weighted by Gasteiger charge is -2.32. The number of hydrogen-bond acceptors (Lipinski definition) is 2. The van der Waals surface area contributed by atoms with E-state index in [4.69, 9.17) is 11.1 Å². The van der Waals surface area contributed by atoms with E-state index in [2.05, 4.69) is 30.3 Å². The van der Waals surface area contributed by atoms with Crippen LogP contribution in [0.5, 0.6) is 0 Å². The van der Waals surface area contributed by atoms with Crippen molar-refractivity contribution < 1.29 is 4.79 Å². The van der Waals surface area contributed by atoms with Gasteiger partial charge in [-0.2, -0.15) is 0 Å². The summed E-state index contributed by atoms with van der Waals surface area (Å²) in [7, 11) is 0. The number of fused-ring (bicyclic) bond motifs is 1. The predicted molar refractivity (Wildman–Crippen MR) is 117 cm³/mol. The van der Waals surface area contributed by atoms with Crippen LogP contribution in [0.4, 0.5) is 0 Å². The van der Waals surface area contributed by atoms with E-state index in [-0.39, 0.29) is 11.7 Å². The van der Waals surface area contributed by atoms with E-state index in [0.29, 0.717) is 24.6 Å². The van der Waals surface area contributed by atoms with Crippen molar-refractivity contribution in [1.82, 2.24) is 9.47 Å². The molecule has 1 saturated heterocycles. The number of para-hydroxylation sites is 1. The maximum Gasteiger partial charge on any atom is 0.224 e. The number of benzene rings is 2. The zero-order valence-electron chi connectivity index (χ0n) is 16.7. The van der Waals surface area contributed by atoms with Crippen LogP contribution in [-0.4, -0.2) is 34.3 Å². The van der Waals surface area contributed by atoms with E-state index in [1.165, 1.54) is 5.56 Å². The highest BCUT2D eigenvalue weighted by molar-refractivity contribution is 5.99. The van der Waals surface area contributed by atoms with E-state index < -0.39 is 0 Å². The van der Waals surface area contributed by atoms with Crippen LogP contribution in [0.1, 0.15) is 30.5 Å². The third kappa shape index (κ3) is 4.34. The maximum absolute atomic E-state index is 12.8. The molecular formula is C24H28N4O. The summed E-state index contributed by atoms with van der Waals surface area (Å²) in [5.74, 6) is 0.880.